The Morgan fingerprint density at radius 3 is 2.49 bits per heavy atom. The lowest BCUT2D eigenvalue weighted by molar-refractivity contribution is -0.139. The predicted molar refractivity (Wildman–Crippen MR) is 166 cm³/mol. The highest BCUT2D eigenvalue weighted by molar-refractivity contribution is 9.10. The first-order chi connectivity index (χ1) is 20.8. The molecule has 0 saturated carbocycles. The lowest BCUT2D eigenvalue weighted by Gasteiger charge is -2.26. The number of thiazole rings is 1. The number of ether oxygens (including phenoxy) is 3. The summed E-state index contributed by atoms with van der Waals surface area (Å²) in [5.74, 6) is 0.746. The van der Waals surface area contributed by atoms with Crippen LogP contribution in [0.3, 0.4) is 0 Å². The number of furan rings is 1. The number of methoxy groups -OCH3 is 2. The Bertz CT molecular complexity index is 1900. The van der Waals surface area contributed by atoms with Crippen LogP contribution in [0.15, 0.2) is 84.5 Å². The summed E-state index contributed by atoms with van der Waals surface area (Å²) in [4.78, 5) is 44.4. The monoisotopic (exact) mass is 664 g/mol. The fourth-order valence-corrected chi connectivity index (χ4v) is 6.45. The van der Waals surface area contributed by atoms with Gasteiger partial charge in [0.25, 0.3) is 5.56 Å². The Labute approximate surface area is 259 Å². The van der Waals surface area contributed by atoms with E-state index in [0.717, 1.165) is 12.0 Å². The number of carbonyl (C=O) groups is 2. The van der Waals surface area contributed by atoms with Crippen LogP contribution >= 0.6 is 27.3 Å². The van der Waals surface area contributed by atoms with Crippen LogP contribution in [-0.2, 0) is 14.3 Å². The molecule has 0 spiro atoms. The van der Waals surface area contributed by atoms with Crippen LogP contribution in [0.5, 0.6) is 5.75 Å². The summed E-state index contributed by atoms with van der Waals surface area (Å²) in [5.41, 5.74) is 2.54. The molecule has 4 aromatic rings. The summed E-state index contributed by atoms with van der Waals surface area (Å²) in [7, 11) is 2.91. The van der Waals surface area contributed by atoms with E-state index in [9.17, 15) is 14.4 Å². The van der Waals surface area contributed by atoms with Gasteiger partial charge >= 0.3 is 11.9 Å². The number of carbonyl (C=O) groups excluding carboxylic acids is 2. The maximum Gasteiger partial charge on any atom is 0.338 e. The highest BCUT2D eigenvalue weighted by atomic mass is 79.9. The van der Waals surface area contributed by atoms with Gasteiger partial charge in [0.15, 0.2) is 4.80 Å². The minimum atomic E-state index is -0.748. The second-order valence-electron chi connectivity index (χ2n) is 9.58. The maximum absolute atomic E-state index is 14.0. The molecule has 1 unspecified atom stereocenters. The first-order valence-electron chi connectivity index (χ1n) is 13.6. The number of allylic oxidation sites excluding steroid dienone is 1. The average molecular weight is 666 g/mol. The number of fused-ring (bicyclic) bond motifs is 1. The van der Waals surface area contributed by atoms with Crippen molar-refractivity contribution in [2.24, 2.45) is 4.99 Å². The van der Waals surface area contributed by atoms with E-state index in [1.807, 2.05) is 19.1 Å². The van der Waals surface area contributed by atoms with Gasteiger partial charge in [0.2, 0.25) is 0 Å². The van der Waals surface area contributed by atoms with Crippen LogP contribution in [0.25, 0.3) is 17.4 Å². The second kappa shape index (κ2) is 13.0. The fourth-order valence-electron chi connectivity index (χ4n) is 4.89. The minimum absolute atomic E-state index is 0.192. The molecule has 1 aliphatic rings. The smallest absolute Gasteiger partial charge is 0.338 e. The Hall–Kier alpha value is -4.22. The van der Waals surface area contributed by atoms with Gasteiger partial charge < -0.3 is 18.6 Å². The van der Waals surface area contributed by atoms with Crippen molar-refractivity contribution in [2.75, 3.05) is 20.8 Å². The van der Waals surface area contributed by atoms with Gasteiger partial charge in [-0.2, -0.15) is 0 Å². The van der Waals surface area contributed by atoms with E-state index in [4.69, 9.17) is 23.6 Å². The van der Waals surface area contributed by atoms with Crippen molar-refractivity contribution >= 4 is 45.3 Å². The molecule has 0 amide bonds. The van der Waals surface area contributed by atoms with Crippen molar-refractivity contribution in [1.82, 2.24) is 4.57 Å². The molecule has 0 bridgehead atoms. The summed E-state index contributed by atoms with van der Waals surface area (Å²) < 4.78 is 24.3. The van der Waals surface area contributed by atoms with Gasteiger partial charge in [-0.05, 0) is 71.2 Å². The molecular weight excluding hydrogens is 636 g/mol. The third-order valence-electron chi connectivity index (χ3n) is 6.87. The largest absolute Gasteiger partial charge is 0.496 e. The van der Waals surface area contributed by atoms with E-state index in [1.165, 1.54) is 18.4 Å². The van der Waals surface area contributed by atoms with Crippen molar-refractivity contribution in [3.05, 3.63) is 107 Å². The average Bonchev–Trinajstić information content (AvgIpc) is 3.60. The van der Waals surface area contributed by atoms with E-state index in [0.29, 0.717) is 59.9 Å². The predicted octanol–water partition coefficient (Wildman–Crippen LogP) is 5.40. The number of halogens is 1. The Morgan fingerprint density at radius 2 is 1.84 bits per heavy atom. The summed E-state index contributed by atoms with van der Waals surface area (Å²) in [6.45, 7) is 3.95. The molecule has 0 fully saturated rings. The summed E-state index contributed by atoms with van der Waals surface area (Å²) >= 11 is 4.78. The number of hydrogen-bond donors (Lipinski definition) is 0. The Balaban J connectivity index is 1.62. The summed E-state index contributed by atoms with van der Waals surface area (Å²) in [5, 5.41) is 0. The summed E-state index contributed by atoms with van der Waals surface area (Å²) in [6.07, 6.45) is 2.97. The standard InChI is InChI=1S/C32H29BrN2O7S/c1-5-7-23-27(31(38)41-6-2)28(20-12-14-25(39-3)22(33)16-20)35-29(36)26(43-32(35)34-23)17-21-13-15-24(42-21)18-8-10-19(11-9-18)30(37)40-4/h8-17,28H,5-7H2,1-4H3/b26-17-. The molecule has 222 valence electrons. The zero-order valence-corrected chi connectivity index (χ0v) is 26.4. The van der Waals surface area contributed by atoms with Crippen molar-refractivity contribution < 1.29 is 28.2 Å². The van der Waals surface area contributed by atoms with Crippen LogP contribution in [-0.4, -0.2) is 37.3 Å². The molecule has 1 aliphatic heterocycles. The molecule has 3 heterocycles. The van der Waals surface area contributed by atoms with Crippen LogP contribution in [0.2, 0.25) is 0 Å². The lowest BCUT2D eigenvalue weighted by atomic mass is 9.94. The van der Waals surface area contributed by atoms with Gasteiger partial charge in [-0.1, -0.05) is 42.9 Å². The van der Waals surface area contributed by atoms with Crippen molar-refractivity contribution in [3.8, 4) is 17.1 Å². The minimum Gasteiger partial charge on any atom is -0.496 e. The molecule has 0 aliphatic carbocycles. The number of esters is 2. The van der Waals surface area contributed by atoms with Crippen molar-refractivity contribution in [2.45, 2.75) is 32.7 Å². The third-order valence-corrected chi connectivity index (χ3v) is 8.48. The Kier molecular flexibility index (Phi) is 9.12. The number of hydrogen-bond acceptors (Lipinski definition) is 9. The zero-order valence-electron chi connectivity index (χ0n) is 24.0. The van der Waals surface area contributed by atoms with Crippen molar-refractivity contribution in [1.29, 1.82) is 0 Å². The second-order valence-corrected chi connectivity index (χ2v) is 11.4. The van der Waals surface area contributed by atoms with Gasteiger partial charge in [0.05, 0.1) is 52.7 Å². The Morgan fingerprint density at radius 1 is 1.07 bits per heavy atom. The highest BCUT2D eigenvalue weighted by Crippen LogP contribution is 2.36. The van der Waals surface area contributed by atoms with E-state index in [1.54, 1.807) is 67.1 Å². The highest BCUT2D eigenvalue weighted by Gasteiger charge is 2.34. The van der Waals surface area contributed by atoms with Gasteiger partial charge in [-0.3, -0.25) is 9.36 Å². The molecule has 1 atom stereocenters. The molecule has 5 rings (SSSR count). The molecule has 0 radical (unpaired) electrons. The maximum atomic E-state index is 14.0. The van der Waals surface area contributed by atoms with E-state index < -0.39 is 18.0 Å². The quantitative estimate of drug-likeness (QED) is 0.221. The van der Waals surface area contributed by atoms with Crippen LogP contribution in [0.4, 0.5) is 0 Å². The number of rotatable bonds is 9. The molecule has 11 heteroatoms. The van der Waals surface area contributed by atoms with Gasteiger partial charge in [0, 0.05) is 11.6 Å². The molecule has 0 N–H and O–H groups in total. The fraction of sp³-hybridized carbons (Fsp3) is 0.250. The first kappa shape index (κ1) is 30.2. The van der Waals surface area contributed by atoms with E-state index in [-0.39, 0.29) is 12.2 Å². The van der Waals surface area contributed by atoms with E-state index in [2.05, 4.69) is 15.9 Å². The molecule has 0 saturated heterocycles. The summed E-state index contributed by atoms with van der Waals surface area (Å²) in [6, 6.07) is 15.1. The molecule has 9 nitrogen and oxygen atoms in total. The molecule has 2 aromatic heterocycles. The zero-order chi connectivity index (χ0) is 30.7. The topological polar surface area (TPSA) is 109 Å². The molecule has 43 heavy (non-hydrogen) atoms. The number of aromatic nitrogens is 1. The van der Waals surface area contributed by atoms with Crippen LogP contribution in [0, 0.1) is 0 Å². The van der Waals surface area contributed by atoms with Gasteiger partial charge in [-0.15, -0.1) is 0 Å². The molecular formula is C32H29BrN2O7S. The first-order valence-corrected chi connectivity index (χ1v) is 15.2. The SMILES string of the molecule is CCCC1=C(C(=O)OCC)C(c2ccc(OC)c(Br)c2)n2c(s/c(=C\c3ccc(-c4ccc(C(=O)OC)cc4)o3)c2=O)=N1. The molecule has 2 aromatic carbocycles. The van der Waals surface area contributed by atoms with Gasteiger partial charge in [-0.25, -0.2) is 14.6 Å². The van der Waals surface area contributed by atoms with Crippen LogP contribution < -0.4 is 19.6 Å². The lowest BCUT2D eigenvalue weighted by Crippen LogP contribution is -2.40. The van der Waals surface area contributed by atoms with Gasteiger partial charge in [0.1, 0.15) is 17.3 Å². The van der Waals surface area contributed by atoms with Crippen LogP contribution in [0.1, 0.15) is 54.4 Å². The van der Waals surface area contributed by atoms with E-state index >= 15 is 0 Å². The third kappa shape index (κ3) is 6.00. The number of benzene rings is 2. The number of nitrogens with zero attached hydrogens (tertiary/aromatic N) is 2. The van der Waals surface area contributed by atoms with Crippen molar-refractivity contribution in [3.63, 3.8) is 0 Å². The normalized spacial score (nSPS) is 14.7.